The van der Waals surface area contributed by atoms with E-state index in [1.807, 2.05) is 6.07 Å². The van der Waals surface area contributed by atoms with Gasteiger partial charge in [-0.05, 0) is 49.1 Å². The van der Waals surface area contributed by atoms with Crippen LogP contribution in [0.5, 0.6) is 5.75 Å². The number of likely N-dealkylation sites (tertiary alicyclic amines) is 1. The summed E-state index contributed by atoms with van der Waals surface area (Å²) in [6, 6.07) is 4.98. The molecule has 0 bridgehead atoms. The van der Waals surface area contributed by atoms with Gasteiger partial charge in [0.15, 0.2) is 5.82 Å². The third-order valence-corrected chi connectivity index (χ3v) is 6.14. The molecule has 2 unspecified atom stereocenters. The van der Waals surface area contributed by atoms with Crippen LogP contribution >= 0.6 is 0 Å². The van der Waals surface area contributed by atoms with E-state index in [1.54, 1.807) is 12.3 Å². The van der Waals surface area contributed by atoms with Crippen molar-refractivity contribution >= 4 is 16.9 Å². The number of phenols is 1. The summed E-state index contributed by atoms with van der Waals surface area (Å²) < 4.78 is 30.6. The van der Waals surface area contributed by atoms with Crippen molar-refractivity contribution in [2.75, 3.05) is 23.9 Å². The summed E-state index contributed by atoms with van der Waals surface area (Å²) in [5, 5.41) is 17.3. The van der Waals surface area contributed by atoms with E-state index < -0.39 is 17.0 Å². The molecule has 3 N–H and O–H groups in total. The molecule has 0 spiro atoms. The zero-order valence-corrected chi connectivity index (χ0v) is 15.6. The third-order valence-electron chi connectivity index (χ3n) is 4.97. The lowest BCUT2D eigenvalue weighted by molar-refractivity contribution is 0.312. The Balaban J connectivity index is 1.43. The molecule has 2 aliphatic rings. The molecule has 2 aliphatic heterocycles. The van der Waals surface area contributed by atoms with Crippen LogP contribution in [0, 0.1) is 11.7 Å². The van der Waals surface area contributed by atoms with Crippen molar-refractivity contribution < 1.29 is 13.7 Å². The minimum absolute atomic E-state index is 0.0458. The monoisotopic (exact) mass is 391 g/mol. The summed E-state index contributed by atoms with van der Waals surface area (Å²) in [7, 11) is 0. The van der Waals surface area contributed by atoms with Crippen LogP contribution in [0.1, 0.15) is 17.7 Å². The molecule has 4 rings (SSSR count). The highest BCUT2D eigenvalue weighted by Gasteiger charge is 2.29. The van der Waals surface area contributed by atoms with Gasteiger partial charge in [0.25, 0.3) is 0 Å². The molecular formula is C18H22FN5O2S. The fourth-order valence-electron chi connectivity index (χ4n) is 3.78. The number of nitrogens with one attached hydrogen (secondary N) is 2. The van der Waals surface area contributed by atoms with Gasteiger partial charge in [-0.2, -0.15) is 5.10 Å². The van der Waals surface area contributed by atoms with Crippen molar-refractivity contribution in [2.45, 2.75) is 19.4 Å². The Labute approximate surface area is 159 Å². The Bertz CT molecular complexity index is 850. The van der Waals surface area contributed by atoms with Crippen molar-refractivity contribution in [3.05, 3.63) is 53.7 Å². The van der Waals surface area contributed by atoms with Gasteiger partial charge in [0.1, 0.15) is 11.4 Å². The van der Waals surface area contributed by atoms with Crippen LogP contribution in [0.2, 0.25) is 0 Å². The number of aromatic amines is 1. The first-order valence-electron chi connectivity index (χ1n) is 8.85. The number of hydrogen-bond donors (Lipinski definition) is 3. The van der Waals surface area contributed by atoms with Crippen molar-refractivity contribution in [3.63, 3.8) is 0 Å². The van der Waals surface area contributed by atoms with Crippen LogP contribution < -0.4 is 9.03 Å². The topological polar surface area (TPSA) is 84.5 Å². The first kappa shape index (κ1) is 18.0. The van der Waals surface area contributed by atoms with E-state index >= 15 is 0 Å². The van der Waals surface area contributed by atoms with Crippen molar-refractivity contribution in [1.82, 2.24) is 19.8 Å². The molecule has 2 saturated heterocycles. The second kappa shape index (κ2) is 7.32. The number of benzene rings is 1. The predicted octanol–water partition coefficient (Wildman–Crippen LogP) is 1.82. The Morgan fingerprint density at radius 3 is 2.96 bits per heavy atom. The summed E-state index contributed by atoms with van der Waals surface area (Å²) in [5.41, 5.74) is 2.31. The number of anilines is 1. The fraction of sp³-hybridized carbons (Fsp3) is 0.389. The van der Waals surface area contributed by atoms with E-state index in [2.05, 4.69) is 26.4 Å². The molecule has 2 aromatic rings. The average Bonchev–Trinajstić information content (AvgIpc) is 3.31. The number of hydrogen-bond acceptors (Lipinski definition) is 4. The molecular weight excluding hydrogens is 369 g/mol. The van der Waals surface area contributed by atoms with E-state index in [0.717, 1.165) is 37.3 Å². The summed E-state index contributed by atoms with van der Waals surface area (Å²) in [6.45, 7) is 6.62. The highest BCUT2D eigenvalue weighted by atomic mass is 32.2. The second-order valence-corrected chi connectivity index (χ2v) is 8.26. The van der Waals surface area contributed by atoms with Gasteiger partial charge >= 0.3 is 0 Å². The molecule has 0 radical (unpaired) electrons. The van der Waals surface area contributed by atoms with Crippen molar-refractivity contribution in [2.24, 2.45) is 5.92 Å². The van der Waals surface area contributed by atoms with Crippen molar-refractivity contribution in [3.8, 4) is 5.75 Å². The van der Waals surface area contributed by atoms with Gasteiger partial charge in [0.2, 0.25) is 11.2 Å². The quantitative estimate of drug-likeness (QED) is 0.726. The third kappa shape index (κ3) is 3.84. The van der Waals surface area contributed by atoms with Gasteiger partial charge in [-0.3, -0.25) is 19.0 Å². The maximum atomic E-state index is 14.7. The number of nitrogens with zero attached hydrogens (tertiary/aromatic N) is 3. The van der Waals surface area contributed by atoms with Gasteiger partial charge in [0.05, 0.1) is 6.54 Å². The smallest absolute Gasteiger partial charge is 0.223 e. The molecule has 3 heterocycles. The summed E-state index contributed by atoms with van der Waals surface area (Å²) in [4.78, 5) is 2.34. The van der Waals surface area contributed by atoms with Gasteiger partial charge in [-0.15, -0.1) is 0 Å². The normalized spacial score (nSPS) is 23.1. The Morgan fingerprint density at radius 2 is 2.30 bits per heavy atom. The fourth-order valence-corrected chi connectivity index (χ4v) is 4.82. The van der Waals surface area contributed by atoms with Gasteiger partial charge in [0, 0.05) is 30.7 Å². The highest BCUT2D eigenvalue weighted by Crippen LogP contribution is 2.35. The van der Waals surface area contributed by atoms with Crippen LogP contribution in [-0.4, -0.2) is 44.0 Å². The van der Waals surface area contributed by atoms with E-state index in [-0.39, 0.29) is 18.0 Å². The minimum atomic E-state index is -1.62. The zero-order chi connectivity index (χ0) is 19.0. The molecule has 2 fully saturated rings. The van der Waals surface area contributed by atoms with Gasteiger partial charge < -0.3 is 5.11 Å². The Kier molecular flexibility index (Phi) is 4.88. The molecule has 0 saturated carbocycles. The largest absolute Gasteiger partial charge is 0.506 e. The lowest BCUT2D eigenvalue weighted by Crippen LogP contribution is -2.23. The average molecular weight is 391 g/mol. The van der Waals surface area contributed by atoms with Gasteiger partial charge in [-0.25, -0.2) is 8.60 Å². The van der Waals surface area contributed by atoms with Crippen LogP contribution in [0.3, 0.4) is 0 Å². The second-order valence-electron chi connectivity index (χ2n) is 7.11. The van der Waals surface area contributed by atoms with Gasteiger partial charge in [-0.1, -0.05) is 6.58 Å². The number of halogens is 1. The Hall–Kier alpha value is -2.39. The van der Waals surface area contributed by atoms with Crippen LogP contribution in [0.15, 0.2) is 36.7 Å². The number of rotatable bonds is 5. The van der Waals surface area contributed by atoms with E-state index in [0.29, 0.717) is 18.0 Å². The standard InChI is InChI=1S/C18H22FN5O2S/c1-12-9-24(27(26)22-12)18-16(19)7-14(8-17(18)25)6-13-3-5-23(10-13)11-15-2-4-20-21-15/h2,4,7-8,13,22,25H,1,3,5-6,9-11H2,(H,20,21). The van der Waals surface area contributed by atoms with E-state index in [1.165, 1.54) is 10.4 Å². The maximum Gasteiger partial charge on any atom is 0.223 e. The molecule has 1 aromatic heterocycles. The maximum absolute atomic E-state index is 14.7. The molecule has 0 amide bonds. The Morgan fingerprint density at radius 1 is 1.44 bits per heavy atom. The van der Waals surface area contributed by atoms with E-state index in [9.17, 15) is 13.7 Å². The number of phenolic OH excluding ortho intramolecular Hbond substituents is 1. The molecule has 9 heteroatoms. The zero-order valence-electron chi connectivity index (χ0n) is 14.8. The molecule has 0 aliphatic carbocycles. The first-order valence-corrected chi connectivity index (χ1v) is 9.96. The minimum Gasteiger partial charge on any atom is -0.506 e. The number of aromatic hydroxyl groups is 1. The SMILES string of the molecule is C=C1CN(c2c(O)cc(CC3CCN(Cc4ccn[nH]4)C3)cc2F)S(=O)N1. The van der Waals surface area contributed by atoms with Crippen LogP contribution in [-0.2, 0) is 24.1 Å². The van der Waals surface area contributed by atoms with Crippen LogP contribution in [0.25, 0.3) is 0 Å². The number of H-pyrrole nitrogens is 1. The first-order chi connectivity index (χ1) is 13.0. The summed E-state index contributed by atoms with van der Waals surface area (Å²) in [5.74, 6) is -0.357. The molecule has 27 heavy (non-hydrogen) atoms. The predicted molar refractivity (Wildman–Crippen MR) is 102 cm³/mol. The summed E-state index contributed by atoms with van der Waals surface area (Å²) >= 11 is -1.62. The highest BCUT2D eigenvalue weighted by molar-refractivity contribution is 7.85. The van der Waals surface area contributed by atoms with Crippen molar-refractivity contribution in [1.29, 1.82) is 0 Å². The lowest BCUT2D eigenvalue weighted by Gasteiger charge is -2.18. The van der Waals surface area contributed by atoms with E-state index in [4.69, 9.17) is 0 Å². The molecule has 2 atom stereocenters. The number of aromatic nitrogens is 2. The summed E-state index contributed by atoms with van der Waals surface area (Å²) in [6.07, 6.45) is 3.46. The molecule has 7 nitrogen and oxygen atoms in total. The van der Waals surface area contributed by atoms with Crippen LogP contribution in [0.4, 0.5) is 10.1 Å². The molecule has 1 aromatic carbocycles. The molecule has 144 valence electrons. The lowest BCUT2D eigenvalue weighted by atomic mass is 9.98.